The van der Waals surface area contributed by atoms with E-state index in [-0.39, 0.29) is 14.9 Å². The third kappa shape index (κ3) is 2.25. The van der Waals surface area contributed by atoms with Crippen LogP contribution < -0.4 is 0 Å². The molecule has 3 aliphatic carbocycles. The predicted octanol–water partition coefficient (Wildman–Crippen LogP) is 6.55. The average molecular weight is 417 g/mol. The van der Waals surface area contributed by atoms with Crippen molar-refractivity contribution < 1.29 is 10.2 Å². The Hall–Kier alpha value is -0.740. The maximum absolute atomic E-state index is 11.1. The lowest BCUT2D eigenvalue weighted by atomic mass is 9.72. The highest BCUT2D eigenvalue weighted by molar-refractivity contribution is 8.20. The highest BCUT2D eigenvalue weighted by atomic mass is 32.2. The minimum absolute atomic E-state index is 0.00466. The van der Waals surface area contributed by atoms with Crippen LogP contribution in [0.15, 0.2) is 23.8 Å². The highest BCUT2D eigenvalue weighted by Crippen LogP contribution is 2.89. The van der Waals surface area contributed by atoms with E-state index in [4.69, 9.17) is 0 Å². The lowest BCUT2D eigenvalue weighted by molar-refractivity contribution is 0.221. The summed E-state index contributed by atoms with van der Waals surface area (Å²) < 4.78 is -0.00466. The molecule has 1 aliphatic heterocycles. The van der Waals surface area contributed by atoms with Gasteiger partial charge in [-0.25, -0.2) is 0 Å². The van der Waals surface area contributed by atoms with E-state index in [2.05, 4.69) is 26.8 Å². The number of aromatic hydroxyl groups is 2. The summed E-state index contributed by atoms with van der Waals surface area (Å²) in [5, 5.41) is 22.3. The molecule has 152 valence electrons. The first-order valence-electron chi connectivity index (χ1n) is 10.9. The zero-order valence-corrected chi connectivity index (χ0v) is 18.9. The van der Waals surface area contributed by atoms with Crippen molar-refractivity contribution in [2.75, 3.05) is 11.5 Å². The van der Waals surface area contributed by atoms with E-state index in [1.807, 2.05) is 35.7 Å². The fourth-order valence-electron chi connectivity index (χ4n) is 6.89. The molecular formula is C24H32O2S2. The minimum Gasteiger partial charge on any atom is -0.507 e. The molecular weight excluding hydrogens is 384 g/mol. The SMILES string of the molecule is CCCCCCC1(c2cc(O)c([C@]34C=C(C)[C@H]5C[C@@H]3C54C)c(O)c2)SCCS1. The first-order chi connectivity index (χ1) is 13.4. The van der Waals surface area contributed by atoms with Crippen LogP contribution in [0.5, 0.6) is 11.5 Å². The van der Waals surface area contributed by atoms with Crippen LogP contribution in [0.4, 0.5) is 0 Å². The van der Waals surface area contributed by atoms with Gasteiger partial charge >= 0.3 is 0 Å². The Labute approximate surface area is 177 Å². The number of hydrogen-bond donors (Lipinski definition) is 2. The zero-order valence-electron chi connectivity index (χ0n) is 17.3. The quantitative estimate of drug-likeness (QED) is 0.390. The average Bonchev–Trinajstić information content (AvgIpc) is 3.01. The van der Waals surface area contributed by atoms with E-state index in [1.54, 1.807) is 0 Å². The summed E-state index contributed by atoms with van der Waals surface area (Å²) in [4.78, 5) is 0. The molecule has 2 N–H and O–H groups in total. The Bertz CT molecular complexity index is 818. The molecule has 1 heterocycles. The van der Waals surface area contributed by atoms with Gasteiger partial charge < -0.3 is 10.2 Å². The summed E-state index contributed by atoms with van der Waals surface area (Å²) in [5.74, 6) is 4.16. The van der Waals surface area contributed by atoms with Crippen molar-refractivity contribution in [1.82, 2.24) is 0 Å². The predicted molar refractivity (Wildman–Crippen MR) is 120 cm³/mol. The van der Waals surface area contributed by atoms with E-state index >= 15 is 0 Å². The van der Waals surface area contributed by atoms with Crippen LogP contribution in [0, 0.1) is 17.3 Å². The van der Waals surface area contributed by atoms with Crippen LogP contribution in [-0.4, -0.2) is 21.7 Å². The molecule has 1 unspecified atom stereocenters. The molecule has 2 nitrogen and oxygen atoms in total. The third-order valence-electron chi connectivity index (χ3n) is 8.35. The van der Waals surface area contributed by atoms with Crippen molar-refractivity contribution in [2.24, 2.45) is 17.3 Å². The summed E-state index contributed by atoms with van der Waals surface area (Å²) in [7, 11) is 0. The van der Waals surface area contributed by atoms with Gasteiger partial charge in [0.25, 0.3) is 0 Å². The van der Waals surface area contributed by atoms with E-state index in [0.29, 0.717) is 23.3 Å². The number of phenolic OH excluding ortho intramolecular Hbond substituents is 2. The fourth-order valence-corrected chi connectivity index (χ4v) is 10.2. The summed E-state index contributed by atoms with van der Waals surface area (Å²) in [6.07, 6.45) is 9.71. The number of rotatable bonds is 7. The molecule has 0 spiro atoms. The third-order valence-corrected chi connectivity index (χ3v) is 11.9. The van der Waals surface area contributed by atoms with Gasteiger partial charge in [0.15, 0.2) is 0 Å². The Balaban J connectivity index is 1.49. The molecule has 2 saturated carbocycles. The van der Waals surface area contributed by atoms with Gasteiger partial charge in [0.2, 0.25) is 0 Å². The Morgan fingerprint density at radius 2 is 1.75 bits per heavy atom. The van der Waals surface area contributed by atoms with Crippen LogP contribution in [0.25, 0.3) is 0 Å². The number of phenols is 2. The van der Waals surface area contributed by atoms with Gasteiger partial charge in [-0.15, -0.1) is 23.5 Å². The monoisotopic (exact) mass is 416 g/mol. The van der Waals surface area contributed by atoms with Crippen molar-refractivity contribution in [1.29, 1.82) is 0 Å². The zero-order chi connectivity index (χ0) is 19.7. The Morgan fingerprint density at radius 1 is 1.07 bits per heavy atom. The Kier molecular flexibility index (Phi) is 4.38. The van der Waals surface area contributed by atoms with Crippen molar-refractivity contribution in [3.05, 3.63) is 34.9 Å². The van der Waals surface area contributed by atoms with E-state index in [0.717, 1.165) is 29.1 Å². The Morgan fingerprint density at radius 3 is 2.29 bits per heavy atom. The molecule has 1 aromatic carbocycles. The second kappa shape index (κ2) is 6.38. The maximum atomic E-state index is 11.1. The number of thioether (sulfide) groups is 2. The molecule has 1 saturated heterocycles. The molecule has 0 aromatic heterocycles. The normalized spacial score (nSPS) is 36.8. The molecule has 0 amide bonds. The summed E-state index contributed by atoms with van der Waals surface area (Å²) in [6, 6.07) is 3.99. The molecule has 5 rings (SSSR count). The highest BCUT2D eigenvalue weighted by Gasteiger charge is 2.86. The summed E-state index contributed by atoms with van der Waals surface area (Å²) in [6.45, 7) is 6.82. The second-order valence-electron chi connectivity index (χ2n) is 9.53. The van der Waals surface area contributed by atoms with Gasteiger partial charge in [-0.2, -0.15) is 0 Å². The van der Waals surface area contributed by atoms with Gasteiger partial charge in [-0.05, 0) is 54.7 Å². The smallest absolute Gasteiger partial charge is 0.123 e. The first-order valence-corrected chi connectivity index (χ1v) is 12.9. The van der Waals surface area contributed by atoms with Crippen molar-refractivity contribution in [3.63, 3.8) is 0 Å². The number of hydrogen-bond acceptors (Lipinski definition) is 4. The molecule has 3 fully saturated rings. The number of unbranched alkanes of at least 4 members (excludes halogenated alkanes) is 3. The molecule has 0 bridgehead atoms. The van der Waals surface area contributed by atoms with E-state index < -0.39 is 0 Å². The van der Waals surface area contributed by atoms with Crippen LogP contribution in [-0.2, 0) is 9.49 Å². The van der Waals surface area contributed by atoms with Crippen molar-refractivity contribution in [3.8, 4) is 11.5 Å². The van der Waals surface area contributed by atoms with Crippen molar-refractivity contribution in [2.45, 2.75) is 68.8 Å². The van der Waals surface area contributed by atoms with E-state index in [1.165, 1.54) is 37.7 Å². The molecule has 1 aromatic rings. The molecule has 4 aliphatic rings. The number of benzene rings is 1. The molecule has 0 radical (unpaired) electrons. The van der Waals surface area contributed by atoms with Gasteiger partial charge in [0.1, 0.15) is 11.5 Å². The number of fused-ring (bicyclic) bond motifs is 1. The van der Waals surface area contributed by atoms with Gasteiger partial charge in [-0.3, -0.25) is 0 Å². The summed E-state index contributed by atoms with van der Waals surface area (Å²) in [5.41, 5.74) is 3.46. The van der Waals surface area contributed by atoms with Gasteiger partial charge in [-0.1, -0.05) is 51.2 Å². The molecule has 28 heavy (non-hydrogen) atoms. The topological polar surface area (TPSA) is 40.5 Å². The number of allylic oxidation sites excluding steroid dienone is 2. The standard InChI is InChI=1S/C24H32O2S2/c1-4-5-6-7-8-24(27-9-10-28-24)16-11-18(25)21(19(26)12-16)23-14-15(2)17-13-20(23)22(17,23)3/h11-12,14,17,20,25-26H,4-10,13H2,1-3H3/t17-,20-,22?,23+/m1/s1. The molecule has 4 heteroatoms. The van der Waals surface area contributed by atoms with Crippen molar-refractivity contribution >= 4 is 23.5 Å². The van der Waals surface area contributed by atoms with Gasteiger partial charge in [0, 0.05) is 22.5 Å². The maximum Gasteiger partial charge on any atom is 0.123 e. The molecule has 4 atom stereocenters. The van der Waals surface area contributed by atoms with Crippen LogP contribution in [0.1, 0.15) is 70.4 Å². The summed E-state index contributed by atoms with van der Waals surface area (Å²) >= 11 is 4.01. The fraction of sp³-hybridized carbons (Fsp3) is 0.667. The van der Waals surface area contributed by atoms with E-state index in [9.17, 15) is 10.2 Å². The van der Waals surface area contributed by atoms with Crippen LogP contribution in [0.2, 0.25) is 0 Å². The lowest BCUT2D eigenvalue weighted by Crippen LogP contribution is -2.25. The van der Waals surface area contributed by atoms with Crippen LogP contribution in [0.3, 0.4) is 0 Å². The largest absolute Gasteiger partial charge is 0.507 e. The lowest BCUT2D eigenvalue weighted by Gasteiger charge is -2.32. The second-order valence-corrected chi connectivity index (χ2v) is 12.6. The van der Waals surface area contributed by atoms with Crippen LogP contribution >= 0.6 is 23.5 Å². The first kappa shape index (κ1) is 19.2. The van der Waals surface area contributed by atoms with Gasteiger partial charge in [0.05, 0.1) is 4.08 Å². The minimum atomic E-state index is -0.126.